The molecular formula is C27H25FN4O3. The second-order valence-electron chi connectivity index (χ2n) is 8.76. The molecule has 0 radical (unpaired) electrons. The van der Waals surface area contributed by atoms with Crippen LogP contribution in [0.1, 0.15) is 35.5 Å². The quantitative estimate of drug-likeness (QED) is 0.446. The van der Waals surface area contributed by atoms with Gasteiger partial charge in [-0.15, -0.1) is 0 Å². The summed E-state index contributed by atoms with van der Waals surface area (Å²) in [5.74, 6) is -0.447. The van der Waals surface area contributed by atoms with Crippen molar-refractivity contribution in [3.8, 4) is 11.5 Å². The van der Waals surface area contributed by atoms with Gasteiger partial charge in [0.1, 0.15) is 22.7 Å². The molecule has 35 heavy (non-hydrogen) atoms. The highest BCUT2D eigenvalue weighted by atomic mass is 19.1. The minimum Gasteiger partial charge on any atom is -0.463 e. The van der Waals surface area contributed by atoms with Gasteiger partial charge in [-0.05, 0) is 54.8 Å². The summed E-state index contributed by atoms with van der Waals surface area (Å²) in [5, 5.41) is 7.51. The van der Waals surface area contributed by atoms with Gasteiger partial charge in [-0.25, -0.2) is 4.39 Å². The highest BCUT2D eigenvalue weighted by molar-refractivity contribution is 6.12. The van der Waals surface area contributed by atoms with Gasteiger partial charge in [-0.3, -0.25) is 19.2 Å². The molecule has 1 N–H and O–H groups in total. The number of aryl methyl sites for hydroxylation is 1. The summed E-state index contributed by atoms with van der Waals surface area (Å²) in [7, 11) is 0. The van der Waals surface area contributed by atoms with Crippen LogP contribution < -0.4 is 10.2 Å². The monoisotopic (exact) mass is 472 g/mol. The fourth-order valence-electron chi connectivity index (χ4n) is 4.51. The van der Waals surface area contributed by atoms with E-state index in [1.165, 1.54) is 12.1 Å². The molecule has 1 atom stereocenters. The number of amides is 2. The fourth-order valence-corrected chi connectivity index (χ4v) is 4.51. The van der Waals surface area contributed by atoms with Gasteiger partial charge in [0.25, 0.3) is 5.91 Å². The number of carbonyl (C=O) groups is 2. The largest absolute Gasteiger partial charge is 0.463 e. The Labute approximate surface area is 202 Å². The average Bonchev–Trinajstić information content (AvgIpc) is 3.54. The van der Waals surface area contributed by atoms with Crippen molar-refractivity contribution in [2.45, 2.75) is 38.9 Å². The van der Waals surface area contributed by atoms with E-state index in [9.17, 15) is 14.0 Å². The molecule has 5 rings (SSSR count). The maximum Gasteiger partial charge on any atom is 0.277 e. The molecule has 3 heterocycles. The predicted molar refractivity (Wildman–Crippen MR) is 129 cm³/mol. The number of anilines is 1. The Kier molecular flexibility index (Phi) is 5.72. The van der Waals surface area contributed by atoms with Crippen molar-refractivity contribution in [3.63, 3.8) is 0 Å². The Bertz CT molecular complexity index is 1380. The zero-order valence-electron chi connectivity index (χ0n) is 19.5. The van der Waals surface area contributed by atoms with Crippen molar-refractivity contribution in [3.05, 3.63) is 95.6 Å². The number of fused-ring (bicyclic) bond motifs is 1. The first-order chi connectivity index (χ1) is 16.9. The van der Waals surface area contributed by atoms with Crippen molar-refractivity contribution in [2.75, 3.05) is 4.90 Å². The summed E-state index contributed by atoms with van der Waals surface area (Å²) < 4.78 is 20.3. The number of aromatic nitrogens is 2. The van der Waals surface area contributed by atoms with Crippen LogP contribution in [0.2, 0.25) is 0 Å². The maximum absolute atomic E-state index is 13.9. The zero-order chi connectivity index (χ0) is 24.6. The Morgan fingerprint density at radius 2 is 1.91 bits per heavy atom. The Morgan fingerprint density at radius 3 is 2.63 bits per heavy atom. The second-order valence-corrected chi connectivity index (χ2v) is 8.76. The number of para-hydroxylation sites is 1. The molecule has 7 nitrogen and oxygen atoms in total. The molecule has 2 amide bonds. The van der Waals surface area contributed by atoms with Crippen LogP contribution in [0.5, 0.6) is 0 Å². The molecule has 0 fully saturated rings. The van der Waals surface area contributed by atoms with E-state index in [1.54, 1.807) is 53.1 Å². The van der Waals surface area contributed by atoms with E-state index in [1.807, 2.05) is 31.2 Å². The number of hydrogen-bond donors (Lipinski definition) is 1. The van der Waals surface area contributed by atoms with E-state index in [4.69, 9.17) is 4.42 Å². The van der Waals surface area contributed by atoms with E-state index in [0.29, 0.717) is 29.3 Å². The second kappa shape index (κ2) is 8.87. The first-order valence-corrected chi connectivity index (χ1v) is 11.5. The first-order valence-electron chi connectivity index (χ1n) is 11.5. The van der Waals surface area contributed by atoms with Crippen molar-refractivity contribution in [2.24, 2.45) is 0 Å². The van der Waals surface area contributed by atoms with Crippen LogP contribution in [0.3, 0.4) is 0 Å². The number of hydrogen-bond acceptors (Lipinski definition) is 4. The lowest BCUT2D eigenvalue weighted by Crippen LogP contribution is -2.64. The van der Waals surface area contributed by atoms with Crippen molar-refractivity contribution >= 4 is 17.5 Å². The standard InChI is InChI=1S/C27H25FN4O3/c1-3-19-7-4-5-8-22(19)32-25(33)23-15-21(24-9-6-14-35-24)30-31(23)17-27(32,2)26(34)29-16-18-10-12-20(28)13-11-18/h4-15H,3,16-17H2,1-2H3,(H,29,34). The summed E-state index contributed by atoms with van der Waals surface area (Å²) in [5.41, 5.74) is 2.04. The summed E-state index contributed by atoms with van der Waals surface area (Å²) in [6.45, 7) is 4.12. The third-order valence-corrected chi connectivity index (χ3v) is 6.40. The number of carbonyl (C=O) groups excluding carboxylic acids is 2. The predicted octanol–water partition coefficient (Wildman–Crippen LogP) is 4.58. The molecule has 0 aliphatic carbocycles. The van der Waals surface area contributed by atoms with Gasteiger partial charge < -0.3 is 9.73 Å². The molecule has 2 aromatic carbocycles. The third kappa shape index (κ3) is 4.01. The number of halogens is 1. The molecule has 8 heteroatoms. The molecule has 1 aliphatic heterocycles. The van der Waals surface area contributed by atoms with E-state index < -0.39 is 5.54 Å². The van der Waals surface area contributed by atoms with Crippen LogP contribution in [0.25, 0.3) is 11.5 Å². The van der Waals surface area contributed by atoms with Crippen molar-refractivity contribution < 1.29 is 18.4 Å². The molecule has 0 spiro atoms. The van der Waals surface area contributed by atoms with Crippen LogP contribution >= 0.6 is 0 Å². The van der Waals surface area contributed by atoms with Gasteiger partial charge in [0.15, 0.2) is 5.76 Å². The Morgan fingerprint density at radius 1 is 1.14 bits per heavy atom. The van der Waals surface area contributed by atoms with Gasteiger partial charge in [0.2, 0.25) is 5.91 Å². The number of rotatable bonds is 6. The van der Waals surface area contributed by atoms with Crippen LogP contribution in [-0.2, 0) is 24.3 Å². The Balaban J connectivity index is 1.55. The molecule has 0 bridgehead atoms. The van der Waals surface area contributed by atoms with Gasteiger partial charge in [-0.2, -0.15) is 5.10 Å². The summed E-state index contributed by atoms with van der Waals surface area (Å²) in [4.78, 5) is 29.2. The molecular weight excluding hydrogens is 447 g/mol. The molecule has 1 aliphatic rings. The normalized spacial score (nSPS) is 17.3. The van der Waals surface area contributed by atoms with Crippen molar-refractivity contribution in [1.29, 1.82) is 0 Å². The van der Waals surface area contributed by atoms with Crippen LogP contribution in [0.4, 0.5) is 10.1 Å². The molecule has 0 saturated heterocycles. The fraction of sp³-hybridized carbons (Fsp3) is 0.222. The minimum absolute atomic E-state index is 0.155. The SMILES string of the molecule is CCc1ccccc1N1C(=O)c2cc(-c3ccco3)nn2CC1(C)C(=O)NCc1ccc(F)cc1. The third-order valence-electron chi connectivity index (χ3n) is 6.40. The van der Waals surface area contributed by atoms with E-state index in [0.717, 1.165) is 11.1 Å². The number of nitrogens with zero attached hydrogens (tertiary/aromatic N) is 3. The maximum atomic E-state index is 13.9. The first kappa shape index (κ1) is 22.6. The molecule has 1 unspecified atom stereocenters. The highest BCUT2D eigenvalue weighted by Crippen LogP contribution is 2.36. The van der Waals surface area contributed by atoms with E-state index in [-0.39, 0.29) is 30.7 Å². The van der Waals surface area contributed by atoms with Crippen molar-refractivity contribution in [1.82, 2.24) is 15.1 Å². The molecule has 4 aromatic rings. The summed E-state index contributed by atoms with van der Waals surface area (Å²) in [6.07, 6.45) is 2.25. The minimum atomic E-state index is -1.26. The van der Waals surface area contributed by atoms with Gasteiger partial charge in [0.05, 0.1) is 12.8 Å². The van der Waals surface area contributed by atoms with E-state index in [2.05, 4.69) is 10.4 Å². The number of furan rings is 1. The molecule has 2 aromatic heterocycles. The van der Waals surface area contributed by atoms with Crippen LogP contribution in [-0.4, -0.2) is 27.1 Å². The summed E-state index contributed by atoms with van der Waals surface area (Å²) in [6, 6.07) is 18.8. The molecule has 178 valence electrons. The lowest BCUT2D eigenvalue weighted by molar-refractivity contribution is -0.126. The zero-order valence-corrected chi connectivity index (χ0v) is 19.5. The number of benzene rings is 2. The lowest BCUT2D eigenvalue weighted by Gasteiger charge is -2.43. The van der Waals surface area contributed by atoms with Gasteiger partial charge in [0, 0.05) is 18.3 Å². The number of nitrogens with one attached hydrogen (secondary N) is 1. The van der Waals surface area contributed by atoms with E-state index >= 15 is 0 Å². The smallest absolute Gasteiger partial charge is 0.277 e. The average molecular weight is 473 g/mol. The lowest BCUT2D eigenvalue weighted by atomic mass is 9.92. The Hall–Kier alpha value is -4.20. The van der Waals surface area contributed by atoms with Crippen LogP contribution in [0.15, 0.2) is 77.4 Å². The summed E-state index contributed by atoms with van der Waals surface area (Å²) >= 11 is 0. The van der Waals surface area contributed by atoms with Crippen LogP contribution in [0, 0.1) is 5.82 Å². The topological polar surface area (TPSA) is 80.4 Å². The highest BCUT2D eigenvalue weighted by Gasteiger charge is 2.49. The van der Waals surface area contributed by atoms with Gasteiger partial charge in [-0.1, -0.05) is 37.3 Å². The van der Waals surface area contributed by atoms with Gasteiger partial charge >= 0.3 is 0 Å². The molecule has 0 saturated carbocycles.